The molecule has 0 radical (unpaired) electrons. The maximum atomic E-state index is 10.3. The highest BCUT2D eigenvalue weighted by atomic mass is 35.5. The number of nitrogens with zero attached hydrogens (tertiary/aromatic N) is 2. The number of likely N-dealkylation sites (tertiary alicyclic amines) is 1. The van der Waals surface area contributed by atoms with Crippen LogP contribution in [0.5, 0.6) is 0 Å². The summed E-state index contributed by atoms with van der Waals surface area (Å²) in [5.41, 5.74) is 12.4. The van der Waals surface area contributed by atoms with Gasteiger partial charge in [0.1, 0.15) is 5.82 Å². The van der Waals surface area contributed by atoms with E-state index in [-0.39, 0.29) is 11.3 Å². The lowest BCUT2D eigenvalue weighted by molar-refractivity contribution is 0.0787. The van der Waals surface area contributed by atoms with Gasteiger partial charge in [0.15, 0.2) is 0 Å². The molecule has 0 saturated carbocycles. The Morgan fingerprint density at radius 2 is 1.84 bits per heavy atom. The van der Waals surface area contributed by atoms with Gasteiger partial charge in [-0.2, -0.15) is 0 Å². The van der Waals surface area contributed by atoms with Gasteiger partial charge in [0.2, 0.25) is 0 Å². The number of aromatic nitrogens is 1. The van der Waals surface area contributed by atoms with Gasteiger partial charge >= 0.3 is 0 Å². The summed E-state index contributed by atoms with van der Waals surface area (Å²) < 4.78 is 0. The topological polar surface area (TPSA) is 86.2 Å². The molecule has 2 unspecified atom stereocenters. The number of halogens is 1. The summed E-state index contributed by atoms with van der Waals surface area (Å²) in [6.45, 7) is 9.45. The van der Waals surface area contributed by atoms with Crippen molar-refractivity contribution in [1.29, 1.82) is 5.41 Å². The minimum atomic E-state index is -1.06. The highest BCUT2D eigenvalue weighted by Crippen LogP contribution is 2.38. The Bertz CT molecular complexity index is 1380. The van der Waals surface area contributed by atoms with Crippen LogP contribution in [-0.2, 0) is 18.4 Å². The number of nitrogen functional groups attached to an aromatic ring is 1. The predicted molar refractivity (Wildman–Crippen MR) is 157 cm³/mol. The zero-order chi connectivity index (χ0) is 27.2. The van der Waals surface area contributed by atoms with E-state index in [0.717, 1.165) is 24.0 Å². The van der Waals surface area contributed by atoms with E-state index in [1.165, 1.54) is 43.4 Å². The number of benzene rings is 2. The van der Waals surface area contributed by atoms with Crippen LogP contribution in [0.4, 0.5) is 5.82 Å². The van der Waals surface area contributed by atoms with Gasteiger partial charge in [-0.1, -0.05) is 41.9 Å². The van der Waals surface area contributed by atoms with Gasteiger partial charge in [0.05, 0.1) is 11.3 Å². The molecular formula is C32H39ClN4O. The smallest absolute Gasteiger partial charge is 0.132 e. The summed E-state index contributed by atoms with van der Waals surface area (Å²) >= 11 is 6.46. The molecule has 200 valence electrons. The molecule has 6 heteroatoms. The molecule has 0 spiro atoms. The molecule has 2 aliphatic rings. The standard InChI is InChI=1S/C32H39ClN4O/c1-20-6-5-15-37(20)32(4)13-11-21-7-8-22(16-23(21)12-14-32)25-17-26(30(35)36-19-25)29(34)24-9-10-27(28(33)18-24)31(2,3)38/h7-10,16-20,34,38H,5-6,11-15H2,1-4H3,(H2,35,36). The van der Waals surface area contributed by atoms with Gasteiger partial charge < -0.3 is 10.8 Å². The largest absolute Gasteiger partial charge is 0.386 e. The third-order valence-corrected chi connectivity index (χ3v) is 9.07. The molecular weight excluding hydrogens is 492 g/mol. The molecule has 1 aliphatic heterocycles. The number of rotatable bonds is 5. The van der Waals surface area contributed by atoms with Crippen molar-refractivity contribution < 1.29 is 5.11 Å². The van der Waals surface area contributed by atoms with Crippen LogP contribution >= 0.6 is 11.6 Å². The molecule has 1 aliphatic carbocycles. The fourth-order valence-electron chi connectivity index (χ4n) is 6.39. The second kappa shape index (κ2) is 10.1. The van der Waals surface area contributed by atoms with Gasteiger partial charge in [-0.25, -0.2) is 4.98 Å². The predicted octanol–water partition coefficient (Wildman–Crippen LogP) is 6.75. The average molecular weight is 531 g/mol. The van der Waals surface area contributed by atoms with E-state index in [2.05, 4.69) is 41.9 Å². The third-order valence-electron chi connectivity index (χ3n) is 8.76. The lowest BCUT2D eigenvalue weighted by atomic mass is 9.89. The van der Waals surface area contributed by atoms with E-state index in [4.69, 9.17) is 22.7 Å². The van der Waals surface area contributed by atoms with Crippen LogP contribution in [0.25, 0.3) is 11.1 Å². The van der Waals surface area contributed by atoms with Crippen LogP contribution in [0.2, 0.25) is 5.02 Å². The number of fused-ring (bicyclic) bond motifs is 1. The molecule has 1 saturated heterocycles. The van der Waals surface area contributed by atoms with Crippen LogP contribution in [0, 0.1) is 5.41 Å². The number of pyridine rings is 1. The van der Waals surface area contributed by atoms with Crippen LogP contribution in [0.15, 0.2) is 48.7 Å². The fraction of sp³-hybridized carbons (Fsp3) is 0.438. The first kappa shape index (κ1) is 26.9. The summed E-state index contributed by atoms with van der Waals surface area (Å²) in [6, 6.07) is 14.7. The van der Waals surface area contributed by atoms with E-state index in [9.17, 15) is 5.11 Å². The van der Waals surface area contributed by atoms with Gasteiger partial charge in [-0.15, -0.1) is 0 Å². The zero-order valence-electron chi connectivity index (χ0n) is 22.9. The summed E-state index contributed by atoms with van der Waals surface area (Å²) in [5.74, 6) is 0.312. The monoisotopic (exact) mass is 530 g/mol. The lowest BCUT2D eigenvalue weighted by Gasteiger charge is -2.41. The van der Waals surface area contributed by atoms with Crippen molar-refractivity contribution in [3.8, 4) is 11.1 Å². The number of nitrogens with one attached hydrogen (secondary N) is 1. The molecule has 2 aromatic carbocycles. The molecule has 1 aromatic heterocycles. The number of hydrogen-bond donors (Lipinski definition) is 3. The lowest BCUT2D eigenvalue weighted by Crippen LogP contribution is -2.48. The quantitative estimate of drug-likeness (QED) is 0.251. The zero-order valence-corrected chi connectivity index (χ0v) is 23.7. The Kier molecular flexibility index (Phi) is 7.14. The first-order valence-electron chi connectivity index (χ1n) is 13.7. The van der Waals surface area contributed by atoms with Crippen molar-refractivity contribution in [2.75, 3.05) is 12.3 Å². The Labute approximate surface area is 231 Å². The highest BCUT2D eigenvalue weighted by Gasteiger charge is 2.38. The van der Waals surface area contributed by atoms with Crippen LogP contribution < -0.4 is 5.73 Å². The van der Waals surface area contributed by atoms with Crippen molar-refractivity contribution in [2.24, 2.45) is 0 Å². The number of aliphatic hydroxyl groups is 1. The SMILES string of the molecule is CC1CCCN1C1(C)CCc2ccc(-c3cnc(N)c(C(=N)c4ccc(C(C)(C)O)c(Cl)c4)c3)cc2CC1. The highest BCUT2D eigenvalue weighted by molar-refractivity contribution is 6.32. The maximum absolute atomic E-state index is 10.3. The maximum Gasteiger partial charge on any atom is 0.132 e. The molecule has 1 fully saturated rings. The number of nitrogens with two attached hydrogens (primary N) is 1. The Hall–Kier alpha value is -2.73. The van der Waals surface area contributed by atoms with Crippen molar-refractivity contribution in [3.63, 3.8) is 0 Å². The van der Waals surface area contributed by atoms with Gasteiger partial charge in [0.25, 0.3) is 0 Å². The van der Waals surface area contributed by atoms with Crippen molar-refractivity contribution in [3.05, 3.63) is 81.5 Å². The summed E-state index contributed by atoms with van der Waals surface area (Å²) in [7, 11) is 0. The molecule has 3 aromatic rings. The summed E-state index contributed by atoms with van der Waals surface area (Å²) in [6.07, 6.45) is 8.96. The van der Waals surface area contributed by atoms with E-state index < -0.39 is 5.60 Å². The molecule has 2 atom stereocenters. The van der Waals surface area contributed by atoms with E-state index in [1.54, 1.807) is 38.2 Å². The van der Waals surface area contributed by atoms with Crippen LogP contribution in [-0.4, -0.2) is 38.8 Å². The van der Waals surface area contributed by atoms with Crippen molar-refractivity contribution >= 4 is 23.1 Å². The normalized spacial score (nSPS) is 22.2. The van der Waals surface area contributed by atoms with Crippen LogP contribution in [0.1, 0.15) is 81.2 Å². The van der Waals surface area contributed by atoms with Crippen molar-refractivity contribution in [2.45, 2.75) is 83.4 Å². The molecule has 5 nitrogen and oxygen atoms in total. The van der Waals surface area contributed by atoms with Gasteiger partial charge in [-0.3, -0.25) is 10.3 Å². The molecule has 2 heterocycles. The number of anilines is 1. The fourth-order valence-corrected chi connectivity index (χ4v) is 6.80. The van der Waals surface area contributed by atoms with E-state index in [0.29, 0.717) is 33.6 Å². The molecule has 38 heavy (non-hydrogen) atoms. The van der Waals surface area contributed by atoms with E-state index >= 15 is 0 Å². The Morgan fingerprint density at radius 1 is 1.11 bits per heavy atom. The second-order valence-corrected chi connectivity index (χ2v) is 12.4. The summed E-state index contributed by atoms with van der Waals surface area (Å²) in [4.78, 5) is 7.20. The molecule has 0 bridgehead atoms. The minimum Gasteiger partial charge on any atom is -0.386 e. The first-order chi connectivity index (χ1) is 18.0. The Morgan fingerprint density at radius 3 is 2.50 bits per heavy atom. The second-order valence-electron chi connectivity index (χ2n) is 12.0. The first-order valence-corrected chi connectivity index (χ1v) is 14.1. The number of aryl methyl sites for hydroxylation is 2. The minimum absolute atomic E-state index is 0.252. The third kappa shape index (κ3) is 5.12. The number of hydrogen-bond acceptors (Lipinski definition) is 5. The summed E-state index contributed by atoms with van der Waals surface area (Å²) in [5, 5.41) is 19.6. The van der Waals surface area contributed by atoms with Crippen LogP contribution in [0.3, 0.4) is 0 Å². The van der Waals surface area contributed by atoms with E-state index in [1.807, 2.05) is 6.07 Å². The van der Waals surface area contributed by atoms with Gasteiger partial charge in [-0.05, 0) is 102 Å². The molecule has 5 rings (SSSR count). The molecule has 0 amide bonds. The van der Waals surface area contributed by atoms with Gasteiger partial charge in [0, 0.05) is 45.1 Å². The molecule has 4 N–H and O–H groups in total. The average Bonchev–Trinajstić information content (AvgIpc) is 3.24. The van der Waals surface area contributed by atoms with Crippen molar-refractivity contribution in [1.82, 2.24) is 9.88 Å². The Balaban J connectivity index is 1.41.